The van der Waals surface area contributed by atoms with Gasteiger partial charge in [0, 0.05) is 35.3 Å². The molecule has 36 heavy (non-hydrogen) atoms. The smallest absolute Gasteiger partial charge is 0.228 e. The number of halogens is 1. The third-order valence-electron chi connectivity index (χ3n) is 7.61. The summed E-state index contributed by atoms with van der Waals surface area (Å²) in [6.07, 6.45) is 9.39. The predicted octanol–water partition coefficient (Wildman–Crippen LogP) is 5.71. The van der Waals surface area contributed by atoms with Gasteiger partial charge in [-0.2, -0.15) is 0 Å². The Kier molecular flexibility index (Phi) is 9.27. The molecule has 6 nitrogen and oxygen atoms in total. The van der Waals surface area contributed by atoms with Crippen LogP contribution in [0.25, 0.3) is 0 Å². The van der Waals surface area contributed by atoms with E-state index in [0.29, 0.717) is 17.3 Å². The van der Waals surface area contributed by atoms with E-state index in [2.05, 4.69) is 10.2 Å². The molecule has 194 valence electrons. The monoisotopic (exact) mass is 511 g/mol. The third kappa shape index (κ3) is 7.01. The van der Waals surface area contributed by atoms with Crippen molar-refractivity contribution in [3.63, 3.8) is 0 Å². The summed E-state index contributed by atoms with van der Waals surface area (Å²) in [5, 5.41) is 3.60. The molecule has 0 spiro atoms. The van der Waals surface area contributed by atoms with Crippen LogP contribution in [0.1, 0.15) is 68.9 Å². The van der Waals surface area contributed by atoms with Gasteiger partial charge in [-0.3, -0.25) is 9.59 Å². The standard InChI is InChI=1S/C29H38ClN3O3/c1-36-26-14-7-20(8-15-26)17-28(34)32-24-11-16-27(30)22(18-24)19-33(25-12-9-23(31)10-13-25)29(35)21-5-3-2-4-6-21/h7-8,11,14-16,18,21,23,25H,2-6,9-10,12-13,17,19,31H2,1H3,(H,32,34). The van der Waals surface area contributed by atoms with Crippen molar-refractivity contribution in [1.29, 1.82) is 0 Å². The number of amides is 2. The first-order valence-corrected chi connectivity index (χ1v) is 13.6. The van der Waals surface area contributed by atoms with E-state index in [1.165, 1.54) is 6.42 Å². The zero-order valence-corrected chi connectivity index (χ0v) is 21.9. The molecular weight excluding hydrogens is 474 g/mol. The molecule has 0 aliphatic heterocycles. The van der Waals surface area contributed by atoms with E-state index in [1.54, 1.807) is 13.2 Å². The topological polar surface area (TPSA) is 84.7 Å². The van der Waals surface area contributed by atoms with Crippen molar-refractivity contribution >= 4 is 29.1 Å². The number of hydrogen-bond donors (Lipinski definition) is 2. The van der Waals surface area contributed by atoms with Gasteiger partial charge in [0.25, 0.3) is 0 Å². The Hall–Kier alpha value is -2.57. The molecule has 2 aromatic rings. The molecule has 0 radical (unpaired) electrons. The van der Waals surface area contributed by atoms with Crippen molar-refractivity contribution in [3.05, 3.63) is 58.6 Å². The summed E-state index contributed by atoms with van der Waals surface area (Å²) in [7, 11) is 1.62. The van der Waals surface area contributed by atoms with Crippen molar-refractivity contribution in [2.45, 2.75) is 82.8 Å². The SMILES string of the molecule is COc1ccc(CC(=O)Nc2ccc(Cl)c(CN(C(=O)C3CCCCC3)C3CCC(N)CC3)c2)cc1. The number of methoxy groups -OCH3 is 1. The lowest BCUT2D eigenvalue weighted by Gasteiger charge is -2.39. The van der Waals surface area contributed by atoms with Crippen LogP contribution in [0.2, 0.25) is 5.02 Å². The summed E-state index contributed by atoms with van der Waals surface area (Å²) in [4.78, 5) is 28.4. The Bertz CT molecular complexity index is 1030. The molecule has 0 unspecified atom stereocenters. The highest BCUT2D eigenvalue weighted by Crippen LogP contribution is 2.32. The van der Waals surface area contributed by atoms with Crippen LogP contribution in [0, 0.1) is 5.92 Å². The van der Waals surface area contributed by atoms with Gasteiger partial charge in [-0.25, -0.2) is 0 Å². The second kappa shape index (κ2) is 12.6. The molecule has 0 saturated heterocycles. The highest BCUT2D eigenvalue weighted by molar-refractivity contribution is 6.31. The summed E-state index contributed by atoms with van der Waals surface area (Å²) in [5.41, 5.74) is 8.61. The number of nitrogens with one attached hydrogen (secondary N) is 1. The largest absolute Gasteiger partial charge is 0.497 e. The maximum atomic E-state index is 13.7. The van der Waals surface area contributed by atoms with Crippen molar-refractivity contribution in [3.8, 4) is 5.75 Å². The first-order chi connectivity index (χ1) is 17.4. The lowest BCUT2D eigenvalue weighted by molar-refractivity contribution is -0.140. The van der Waals surface area contributed by atoms with Gasteiger partial charge in [0.05, 0.1) is 13.5 Å². The first-order valence-electron chi connectivity index (χ1n) is 13.2. The van der Waals surface area contributed by atoms with Gasteiger partial charge < -0.3 is 20.7 Å². The number of hydrogen-bond acceptors (Lipinski definition) is 4. The normalized spacial score (nSPS) is 20.5. The Morgan fingerprint density at radius 3 is 2.36 bits per heavy atom. The lowest BCUT2D eigenvalue weighted by Crippen LogP contribution is -2.46. The van der Waals surface area contributed by atoms with E-state index in [9.17, 15) is 9.59 Å². The van der Waals surface area contributed by atoms with Gasteiger partial charge in [0.2, 0.25) is 11.8 Å². The molecule has 2 aliphatic carbocycles. The number of nitrogens with zero attached hydrogens (tertiary/aromatic N) is 1. The summed E-state index contributed by atoms with van der Waals surface area (Å²) in [6.45, 7) is 0.455. The highest BCUT2D eigenvalue weighted by atomic mass is 35.5. The minimum atomic E-state index is -0.107. The number of carbonyl (C=O) groups excluding carboxylic acids is 2. The first kappa shape index (κ1) is 26.5. The average molecular weight is 512 g/mol. The minimum Gasteiger partial charge on any atom is -0.497 e. The zero-order chi connectivity index (χ0) is 25.5. The summed E-state index contributed by atoms with van der Waals surface area (Å²) in [5.74, 6) is 0.999. The summed E-state index contributed by atoms with van der Waals surface area (Å²) < 4.78 is 5.18. The molecular formula is C29H38ClN3O3. The number of rotatable bonds is 8. The Balaban J connectivity index is 1.47. The predicted molar refractivity (Wildman–Crippen MR) is 144 cm³/mol. The molecule has 0 aromatic heterocycles. The van der Waals surface area contributed by atoms with Crippen LogP contribution >= 0.6 is 11.6 Å². The van der Waals surface area contributed by atoms with E-state index in [-0.39, 0.29) is 36.2 Å². The minimum absolute atomic E-state index is 0.0977. The lowest BCUT2D eigenvalue weighted by atomic mass is 9.85. The van der Waals surface area contributed by atoms with Gasteiger partial charge in [-0.1, -0.05) is 43.0 Å². The molecule has 0 heterocycles. The van der Waals surface area contributed by atoms with E-state index < -0.39 is 0 Å². The van der Waals surface area contributed by atoms with Crippen molar-refractivity contribution in [2.24, 2.45) is 11.7 Å². The molecule has 0 bridgehead atoms. The maximum Gasteiger partial charge on any atom is 0.228 e. The second-order valence-electron chi connectivity index (χ2n) is 10.2. The van der Waals surface area contributed by atoms with Crippen LogP contribution in [-0.4, -0.2) is 35.9 Å². The van der Waals surface area contributed by atoms with Crippen LogP contribution in [0.4, 0.5) is 5.69 Å². The third-order valence-corrected chi connectivity index (χ3v) is 7.98. The van der Waals surface area contributed by atoms with Crippen LogP contribution in [0.15, 0.2) is 42.5 Å². The van der Waals surface area contributed by atoms with E-state index in [4.69, 9.17) is 22.1 Å². The fourth-order valence-electron chi connectivity index (χ4n) is 5.48. The van der Waals surface area contributed by atoms with Crippen LogP contribution in [0.3, 0.4) is 0 Å². The molecule has 2 aliphatic rings. The number of anilines is 1. The van der Waals surface area contributed by atoms with Gasteiger partial charge in [0.1, 0.15) is 5.75 Å². The highest BCUT2D eigenvalue weighted by Gasteiger charge is 2.33. The van der Waals surface area contributed by atoms with E-state index in [1.807, 2.05) is 36.4 Å². The molecule has 2 amide bonds. The van der Waals surface area contributed by atoms with Gasteiger partial charge in [-0.15, -0.1) is 0 Å². The molecule has 2 fully saturated rings. The molecule has 0 atom stereocenters. The Morgan fingerprint density at radius 2 is 1.69 bits per heavy atom. The molecule has 2 saturated carbocycles. The van der Waals surface area contributed by atoms with Crippen molar-refractivity contribution < 1.29 is 14.3 Å². The fraction of sp³-hybridized carbons (Fsp3) is 0.517. The summed E-state index contributed by atoms with van der Waals surface area (Å²) >= 11 is 6.61. The van der Waals surface area contributed by atoms with Crippen LogP contribution in [0.5, 0.6) is 5.75 Å². The molecule has 2 aromatic carbocycles. The van der Waals surface area contributed by atoms with E-state index >= 15 is 0 Å². The average Bonchev–Trinajstić information content (AvgIpc) is 2.90. The van der Waals surface area contributed by atoms with Crippen molar-refractivity contribution in [2.75, 3.05) is 12.4 Å². The molecule has 7 heteroatoms. The molecule has 4 rings (SSSR count). The van der Waals surface area contributed by atoms with Gasteiger partial charge in [0.15, 0.2) is 0 Å². The Labute approximate surface area is 219 Å². The zero-order valence-electron chi connectivity index (χ0n) is 21.2. The number of nitrogens with two attached hydrogens (primary N) is 1. The quantitative estimate of drug-likeness (QED) is 0.475. The maximum absolute atomic E-state index is 13.7. The van der Waals surface area contributed by atoms with Crippen molar-refractivity contribution in [1.82, 2.24) is 4.90 Å². The molecule has 3 N–H and O–H groups in total. The Morgan fingerprint density at radius 1 is 1.00 bits per heavy atom. The van der Waals surface area contributed by atoms with Crippen LogP contribution in [-0.2, 0) is 22.6 Å². The number of carbonyl (C=O) groups is 2. The van der Waals surface area contributed by atoms with E-state index in [0.717, 1.165) is 68.2 Å². The van der Waals surface area contributed by atoms with Gasteiger partial charge >= 0.3 is 0 Å². The number of benzene rings is 2. The van der Waals surface area contributed by atoms with Crippen LogP contribution < -0.4 is 15.8 Å². The number of ether oxygens (including phenoxy) is 1. The van der Waals surface area contributed by atoms with Gasteiger partial charge in [-0.05, 0) is 80.0 Å². The fourth-order valence-corrected chi connectivity index (χ4v) is 5.65. The summed E-state index contributed by atoms with van der Waals surface area (Å²) in [6, 6.07) is 13.4. The second-order valence-corrected chi connectivity index (χ2v) is 10.7.